The fourth-order valence-electron chi connectivity index (χ4n) is 2.89. The largest absolute Gasteiger partial charge is 0.493 e. The molecule has 0 saturated carbocycles. The van der Waals surface area contributed by atoms with Crippen molar-refractivity contribution in [1.82, 2.24) is 0 Å². The SMILES string of the molecule is COc1cc(/C=C(/C#N)c2ccc3ccccc3c2)cc(OC)c1OC. The fraction of sp³-hybridized carbons (Fsp3) is 0.136. The van der Waals surface area contributed by atoms with Crippen LogP contribution in [0, 0.1) is 11.3 Å². The van der Waals surface area contributed by atoms with Gasteiger partial charge < -0.3 is 14.2 Å². The average Bonchev–Trinajstić information content (AvgIpc) is 2.70. The summed E-state index contributed by atoms with van der Waals surface area (Å²) in [6.45, 7) is 0. The van der Waals surface area contributed by atoms with Gasteiger partial charge in [0.15, 0.2) is 11.5 Å². The molecule has 0 aliphatic carbocycles. The maximum atomic E-state index is 9.66. The highest BCUT2D eigenvalue weighted by atomic mass is 16.5. The van der Waals surface area contributed by atoms with Crippen LogP contribution in [-0.4, -0.2) is 21.3 Å². The summed E-state index contributed by atoms with van der Waals surface area (Å²) in [5, 5.41) is 11.9. The molecule has 0 unspecified atom stereocenters. The van der Waals surface area contributed by atoms with Crippen molar-refractivity contribution in [3.8, 4) is 23.3 Å². The van der Waals surface area contributed by atoms with Gasteiger partial charge in [-0.05, 0) is 46.2 Å². The van der Waals surface area contributed by atoms with E-state index in [2.05, 4.69) is 6.07 Å². The van der Waals surface area contributed by atoms with Gasteiger partial charge in [0.25, 0.3) is 0 Å². The van der Waals surface area contributed by atoms with Gasteiger partial charge in [0.05, 0.1) is 33.0 Å². The molecule has 0 radical (unpaired) electrons. The first kappa shape index (κ1) is 17.4. The lowest BCUT2D eigenvalue weighted by atomic mass is 10.00. The van der Waals surface area contributed by atoms with Crippen LogP contribution in [0.2, 0.25) is 0 Å². The number of methoxy groups -OCH3 is 3. The third-order valence-corrected chi connectivity index (χ3v) is 4.18. The molecule has 0 N–H and O–H groups in total. The molecular formula is C22H19NO3. The van der Waals surface area contributed by atoms with E-state index in [0.29, 0.717) is 22.8 Å². The maximum Gasteiger partial charge on any atom is 0.203 e. The highest BCUT2D eigenvalue weighted by molar-refractivity contribution is 5.94. The number of benzene rings is 3. The summed E-state index contributed by atoms with van der Waals surface area (Å²) in [6.07, 6.45) is 1.81. The lowest BCUT2D eigenvalue weighted by Gasteiger charge is -2.13. The number of ether oxygens (including phenoxy) is 3. The van der Waals surface area contributed by atoms with Crippen LogP contribution >= 0.6 is 0 Å². The van der Waals surface area contributed by atoms with Crippen LogP contribution in [0.15, 0.2) is 54.6 Å². The second-order valence-electron chi connectivity index (χ2n) is 5.69. The Labute approximate surface area is 152 Å². The van der Waals surface area contributed by atoms with Crippen LogP contribution < -0.4 is 14.2 Å². The summed E-state index contributed by atoms with van der Waals surface area (Å²) in [6, 6.07) is 20.0. The third kappa shape index (κ3) is 3.33. The zero-order valence-electron chi connectivity index (χ0n) is 14.9. The quantitative estimate of drug-likeness (QED) is 0.486. The van der Waals surface area contributed by atoms with Crippen molar-refractivity contribution in [2.75, 3.05) is 21.3 Å². The molecule has 0 fully saturated rings. The van der Waals surface area contributed by atoms with E-state index in [0.717, 1.165) is 21.9 Å². The molecule has 130 valence electrons. The predicted octanol–water partition coefficient (Wildman–Crippen LogP) is 4.93. The van der Waals surface area contributed by atoms with Crippen molar-refractivity contribution in [3.63, 3.8) is 0 Å². The molecule has 0 saturated heterocycles. The molecule has 0 aliphatic rings. The Morgan fingerprint density at radius 1 is 0.846 bits per heavy atom. The van der Waals surface area contributed by atoms with Crippen LogP contribution in [0.3, 0.4) is 0 Å². The topological polar surface area (TPSA) is 51.5 Å². The van der Waals surface area contributed by atoms with Gasteiger partial charge in [-0.1, -0.05) is 36.4 Å². The van der Waals surface area contributed by atoms with Gasteiger partial charge >= 0.3 is 0 Å². The molecule has 4 nitrogen and oxygen atoms in total. The first-order valence-electron chi connectivity index (χ1n) is 8.11. The molecule has 0 atom stereocenters. The minimum Gasteiger partial charge on any atom is -0.493 e. The summed E-state index contributed by atoms with van der Waals surface area (Å²) in [7, 11) is 4.70. The monoisotopic (exact) mass is 345 g/mol. The highest BCUT2D eigenvalue weighted by Gasteiger charge is 2.13. The van der Waals surface area contributed by atoms with E-state index >= 15 is 0 Å². The molecule has 26 heavy (non-hydrogen) atoms. The Morgan fingerprint density at radius 3 is 2.08 bits per heavy atom. The minimum atomic E-state index is 0.524. The van der Waals surface area contributed by atoms with Crippen LogP contribution in [0.5, 0.6) is 17.2 Å². The first-order chi connectivity index (χ1) is 12.7. The van der Waals surface area contributed by atoms with Crippen molar-refractivity contribution >= 4 is 22.4 Å². The molecule has 3 rings (SSSR count). The van der Waals surface area contributed by atoms with Crippen molar-refractivity contribution in [1.29, 1.82) is 5.26 Å². The number of nitriles is 1. The molecule has 0 aromatic heterocycles. The third-order valence-electron chi connectivity index (χ3n) is 4.18. The van der Waals surface area contributed by atoms with Crippen LogP contribution in [0.4, 0.5) is 0 Å². The molecular weight excluding hydrogens is 326 g/mol. The normalized spacial score (nSPS) is 11.1. The molecule has 0 amide bonds. The van der Waals surface area contributed by atoms with Gasteiger partial charge in [-0.15, -0.1) is 0 Å². The van der Waals surface area contributed by atoms with Gasteiger partial charge in [0.2, 0.25) is 5.75 Å². The Bertz CT molecular complexity index is 990. The Kier molecular flexibility index (Phi) is 5.09. The number of hydrogen-bond donors (Lipinski definition) is 0. The molecule has 0 spiro atoms. The number of nitrogens with zero attached hydrogens (tertiary/aromatic N) is 1. The first-order valence-corrected chi connectivity index (χ1v) is 8.11. The van der Waals surface area contributed by atoms with Crippen molar-refractivity contribution in [2.45, 2.75) is 0 Å². The lowest BCUT2D eigenvalue weighted by molar-refractivity contribution is 0.324. The summed E-state index contributed by atoms with van der Waals surface area (Å²) >= 11 is 0. The zero-order valence-corrected chi connectivity index (χ0v) is 14.9. The van der Waals surface area contributed by atoms with Gasteiger partial charge in [-0.2, -0.15) is 5.26 Å². The van der Waals surface area contributed by atoms with E-state index in [1.54, 1.807) is 21.3 Å². The zero-order chi connectivity index (χ0) is 18.5. The van der Waals surface area contributed by atoms with Gasteiger partial charge in [-0.25, -0.2) is 0 Å². The van der Waals surface area contributed by atoms with Crippen molar-refractivity contribution in [2.24, 2.45) is 0 Å². The van der Waals surface area contributed by atoms with Crippen LogP contribution in [0.1, 0.15) is 11.1 Å². The number of fused-ring (bicyclic) bond motifs is 1. The standard InChI is InChI=1S/C22H19NO3/c1-24-20-11-15(12-21(25-2)22(20)26-3)10-19(14-23)18-9-8-16-6-4-5-7-17(16)13-18/h4-13H,1-3H3/b19-10-. The molecule has 4 heteroatoms. The lowest BCUT2D eigenvalue weighted by Crippen LogP contribution is -1.95. The van der Waals surface area contributed by atoms with Gasteiger partial charge in [0.1, 0.15) is 0 Å². The highest BCUT2D eigenvalue weighted by Crippen LogP contribution is 2.39. The summed E-state index contributed by atoms with van der Waals surface area (Å²) in [5.74, 6) is 1.62. The molecule has 0 heterocycles. The average molecular weight is 345 g/mol. The van der Waals surface area contributed by atoms with E-state index in [1.807, 2.05) is 60.7 Å². The van der Waals surface area contributed by atoms with Gasteiger partial charge in [-0.3, -0.25) is 0 Å². The van der Waals surface area contributed by atoms with Crippen molar-refractivity contribution in [3.05, 3.63) is 65.7 Å². The Balaban J connectivity index is 2.09. The Morgan fingerprint density at radius 2 is 1.50 bits per heavy atom. The van der Waals surface area contributed by atoms with Crippen molar-refractivity contribution < 1.29 is 14.2 Å². The molecule has 0 bridgehead atoms. The van der Waals surface area contributed by atoms with E-state index < -0.39 is 0 Å². The maximum absolute atomic E-state index is 9.66. The second kappa shape index (κ2) is 7.62. The summed E-state index contributed by atoms with van der Waals surface area (Å²) in [5.41, 5.74) is 2.22. The summed E-state index contributed by atoms with van der Waals surface area (Å²) in [4.78, 5) is 0. The minimum absolute atomic E-state index is 0.524. The molecule has 0 aliphatic heterocycles. The van der Waals surface area contributed by atoms with E-state index in [1.165, 1.54) is 0 Å². The second-order valence-corrected chi connectivity index (χ2v) is 5.69. The van der Waals surface area contributed by atoms with E-state index in [4.69, 9.17) is 14.2 Å². The number of hydrogen-bond acceptors (Lipinski definition) is 4. The molecule has 3 aromatic rings. The smallest absolute Gasteiger partial charge is 0.203 e. The van der Waals surface area contributed by atoms with E-state index in [-0.39, 0.29) is 0 Å². The van der Waals surface area contributed by atoms with E-state index in [9.17, 15) is 5.26 Å². The van der Waals surface area contributed by atoms with Crippen LogP contribution in [-0.2, 0) is 0 Å². The predicted molar refractivity (Wildman–Crippen MR) is 104 cm³/mol. The number of rotatable bonds is 5. The molecule has 3 aromatic carbocycles. The number of allylic oxidation sites excluding steroid dienone is 1. The van der Waals surface area contributed by atoms with Crippen LogP contribution in [0.25, 0.3) is 22.4 Å². The Hall–Kier alpha value is -3.45. The van der Waals surface area contributed by atoms with Gasteiger partial charge in [0, 0.05) is 0 Å². The summed E-state index contributed by atoms with van der Waals surface area (Å²) < 4.78 is 16.1. The fourth-order valence-corrected chi connectivity index (χ4v) is 2.89.